The number of nitrogens with zero attached hydrogens (tertiary/aromatic N) is 2. The molecule has 0 spiro atoms. The van der Waals surface area contributed by atoms with Gasteiger partial charge in [0.1, 0.15) is 0 Å². The third kappa shape index (κ3) is 3.29. The maximum atomic E-state index is 13.0. The Kier molecular flexibility index (Phi) is 5.40. The van der Waals surface area contributed by atoms with Gasteiger partial charge in [0.15, 0.2) is 0 Å². The van der Waals surface area contributed by atoms with Crippen molar-refractivity contribution < 1.29 is 17.2 Å². The highest BCUT2D eigenvalue weighted by Crippen LogP contribution is 2.48. The molecule has 0 bridgehead atoms. The van der Waals surface area contributed by atoms with Crippen LogP contribution in [0.5, 0.6) is 0 Å². The van der Waals surface area contributed by atoms with Crippen LogP contribution in [0.3, 0.4) is 0 Å². The summed E-state index contributed by atoms with van der Waals surface area (Å²) in [6.45, 7) is 2.49. The lowest BCUT2D eigenvalue weighted by atomic mass is 10.2. The smallest absolute Gasteiger partial charge is 0.245 e. The molecular formula is C18H17Cl2N2OS-. The average Bonchev–Trinajstić information content (AvgIpc) is 3.05. The summed E-state index contributed by atoms with van der Waals surface area (Å²) < 4.78 is 0. The van der Waals surface area contributed by atoms with E-state index in [1.165, 1.54) is 12.8 Å². The molecule has 2 aromatic carbocycles. The first kappa shape index (κ1) is 17.6. The number of benzene rings is 2. The first-order valence-electron chi connectivity index (χ1n) is 7.84. The molecule has 1 amide bonds. The summed E-state index contributed by atoms with van der Waals surface area (Å²) in [4.78, 5) is 19.3. The Bertz CT molecular complexity index is 762. The van der Waals surface area contributed by atoms with Crippen molar-refractivity contribution >= 4 is 40.6 Å². The summed E-state index contributed by atoms with van der Waals surface area (Å²) in [5.41, 5.74) is 1.85. The molecule has 3 nitrogen and oxygen atoms in total. The van der Waals surface area contributed by atoms with Crippen molar-refractivity contribution in [1.82, 2.24) is 4.90 Å². The number of anilines is 2. The summed E-state index contributed by atoms with van der Waals surface area (Å²) in [6.07, 6.45) is 2.37. The van der Waals surface area contributed by atoms with Crippen LogP contribution in [0.1, 0.15) is 12.8 Å². The molecule has 2 aliphatic heterocycles. The fraction of sp³-hybridized carbons (Fsp3) is 0.278. The van der Waals surface area contributed by atoms with Crippen LogP contribution < -0.4 is 17.3 Å². The van der Waals surface area contributed by atoms with E-state index in [9.17, 15) is 4.79 Å². The monoisotopic (exact) mass is 379 g/mol. The number of hydrogen-bond donors (Lipinski definition) is 0. The maximum absolute atomic E-state index is 13.0. The van der Waals surface area contributed by atoms with Crippen molar-refractivity contribution in [3.8, 4) is 0 Å². The molecule has 126 valence electrons. The van der Waals surface area contributed by atoms with Crippen molar-refractivity contribution in [1.29, 1.82) is 0 Å². The van der Waals surface area contributed by atoms with E-state index >= 15 is 0 Å². The molecular weight excluding hydrogens is 363 g/mol. The zero-order valence-electron chi connectivity index (χ0n) is 13.0. The van der Waals surface area contributed by atoms with E-state index in [4.69, 9.17) is 11.6 Å². The van der Waals surface area contributed by atoms with Gasteiger partial charge < -0.3 is 12.4 Å². The predicted molar refractivity (Wildman–Crippen MR) is 94.8 cm³/mol. The number of hydrogen-bond acceptors (Lipinski definition) is 3. The molecule has 0 atom stereocenters. The Labute approximate surface area is 157 Å². The van der Waals surface area contributed by atoms with E-state index in [0.29, 0.717) is 11.6 Å². The number of carbonyl (C=O) groups is 1. The van der Waals surface area contributed by atoms with Crippen LogP contribution in [0, 0.1) is 0 Å². The summed E-state index contributed by atoms with van der Waals surface area (Å²) in [6, 6.07) is 13.8. The van der Waals surface area contributed by atoms with Gasteiger partial charge >= 0.3 is 0 Å². The zero-order chi connectivity index (χ0) is 15.8. The van der Waals surface area contributed by atoms with Gasteiger partial charge in [-0.15, -0.1) is 0 Å². The highest BCUT2D eigenvalue weighted by Gasteiger charge is 2.29. The molecule has 0 radical (unpaired) electrons. The van der Waals surface area contributed by atoms with Crippen molar-refractivity contribution in [2.24, 2.45) is 0 Å². The second-order valence-corrected chi connectivity index (χ2v) is 7.41. The first-order chi connectivity index (χ1) is 11.2. The lowest BCUT2D eigenvalue weighted by Gasteiger charge is -2.32. The SMILES string of the molecule is O=C(CN1CCCC1)N1c2ccccc2Sc2ccc(Cl)cc21.[Cl-]. The van der Waals surface area contributed by atoms with Gasteiger partial charge in [-0.05, 0) is 56.3 Å². The number of para-hydroxylation sites is 1. The number of halogens is 2. The Morgan fingerprint density at radius 2 is 1.75 bits per heavy atom. The van der Waals surface area contributed by atoms with Gasteiger partial charge in [-0.3, -0.25) is 14.6 Å². The summed E-state index contributed by atoms with van der Waals surface area (Å²) in [5.74, 6) is 0.114. The Morgan fingerprint density at radius 3 is 2.54 bits per heavy atom. The molecule has 2 heterocycles. The predicted octanol–water partition coefficient (Wildman–Crippen LogP) is 1.57. The molecule has 2 aromatic rings. The molecule has 6 heteroatoms. The lowest BCUT2D eigenvalue weighted by Crippen LogP contribution is -3.00. The largest absolute Gasteiger partial charge is 1.00 e. The molecule has 0 unspecified atom stereocenters. The van der Waals surface area contributed by atoms with Gasteiger partial charge in [0.25, 0.3) is 0 Å². The quantitative estimate of drug-likeness (QED) is 0.791. The van der Waals surface area contributed by atoms with E-state index in [-0.39, 0.29) is 18.3 Å². The summed E-state index contributed by atoms with van der Waals surface area (Å²) in [5, 5.41) is 0.655. The summed E-state index contributed by atoms with van der Waals surface area (Å²) in [7, 11) is 0. The number of rotatable bonds is 2. The standard InChI is InChI=1S/C18H17ClN2OS.ClH/c19-13-7-8-17-15(11-13)21(14-5-1-2-6-16(14)23-17)18(22)12-20-9-3-4-10-20;/h1-2,5-8,11H,3-4,9-10,12H2;1H/p-1. The van der Waals surface area contributed by atoms with Gasteiger partial charge in [-0.25, -0.2) is 0 Å². The van der Waals surface area contributed by atoms with Crippen LogP contribution in [-0.4, -0.2) is 30.4 Å². The molecule has 0 saturated carbocycles. The Balaban J connectivity index is 0.00000169. The highest BCUT2D eigenvalue weighted by atomic mass is 35.5. The number of carbonyl (C=O) groups excluding carboxylic acids is 1. The minimum atomic E-state index is 0. The lowest BCUT2D eigenvalue weighted by molar-refractivity contribution is -0.118. The van der Waals surface area contributed by atoms with Crippen molar-refractivity contribution in [2.45, 2.75) is 22.6 Å². The number of fused-ring (bicyclic) bond motifs is 2. The van der Waals surface area contributed by atoms with Gasteiger partial charge in [-0.1, -0.05) is 35.5 Å². The molecule has 0 aliphatic carbocycles. The van der Waals surface area contributed by atoms with E-state index in [1.807, 2.05) is 41.3 Å². The molecule has 0 N–H and O–H groups in total. The molecule has 1 fully saturated rings. The van der Waals surface area contributed by atoms with Gasteiger partial charge in [0.2, 0.25) is 5.91 Å². The fourth-order valence-electron chi connectivity index (χ4n) is 3.20. The van der Waals surface area contributed by atoms with E-state index in [1.54, 1.807) is 11.8 Å². The minimum absolute atomic E-state index is 0. The van der Waals surface area contributed by atoms with Crippen LogP contribution in [0.2, 0.25) is 5.02 Å². The normalized spacial score (nSPS) is 16.3. The Hall–Kier alpha value is -1.20. The number of likely N-dealkylation sites (tertiary alicyclic amines) is 1. The molecule has 4 rings (SSSR count). The average molecular weight is 380 g/mol. The minimum Gasteiger partial charge on any atom is -1.00 e. The van der Waals surface area contributed by atoms with Crippen LogP contribution in [0.15, 0.2) is 52.3 Å². The van der Waals surface area contributed by atoms with Crippen molar-refractivity contribution in [2.75, 3.05) is 24.5 Å². The zero-order valence-corrected chi connectivity index (χ0v) is 15.4. The van der Waals surface area contributed by atoms with E-state index in [0.717, 1.165) is 34.3 Å². The topological polar surface area (TPSA) is 23.6 Å². The molecule has 1 saturated heterocycles. The van der Waals surface area contributed by atoms with Gasteiger partial charge in [0.05, 0.1) is 17.9 Å². The van der Waals surface area contributed by atoms with E-state index in [2.05, 4.69) is 11.0 Å². The highest BCUT2D eigenvalue weighted by molar-refractivity contribution is 7.99. The van der Waals surface area contributed by atoms with Crippen LogP contribution in [0.25, 0.3) is 0 Å². The number of amides is 1. The van der Waals surface area contributed by atoms with Crippen LogP contribution in [0.4, 0.5) is 11.4 Å². The second-order valence-electron chi connectivity index (χ2n) is 5.89. The van der Waals surface area contributed by atoms with Gasteiger partial charge in [0, 0.05) is 14.8 Å². The Morgan fingerprint density at radius 1 is 1.04 bits per heavy atom. The van der Waals surface area contributed by atoms with Crippen molar-refractivity contribution in [3.05, 3.63) is 47.5 Å². The van der Waals surface area contributed by atoms with Crippen molar-refractivity contribution in [3.63, 3.8) is 0 Å². The third-order valence-corrected chi connectivity index (χ3v) is 5.66. The first-order valence-corrected chi connectivity index (χ1v) is 9.03. The molecule has 24 heavy (non-hydrogen) atoms. The van der Waals surface area contributed by atoms with Crippen LogP contribution in [-0.2, 0) is 4.79 Å². The van der Waals surface area contributed by atoms with Crippen LogP contribution >= 0.6 is 23.4 Å². The summed E-state index contributed by atoms with van der Waals surface area (Å²) >= 11 is 7.88. The van der Waals surface area contributed by atoms with Gasteiger partial charge in [-0.2, -0.15) is 0 Å². The molecule has 2 aliphatic rings. The maximum Gasteiger partial charge on any atom is 0.245 e. The fourth-order valence-corrected chi connectivity index (χ4v) is 4.40. The molecule has 0 aromatic heterocycles. The second kappa shape index (κ2) is 7.36. The third-order valence-electron chi connectivity index (χ3n) is 4.29. The van der Waals surface area contributed by atoms with E-state index < -0.39 is 0 Å².